The van der Waals surface area contributed by atoms with Crippen LogP contribution in [0.25, 0.3) is 149 Å². The first-order chi connectivity index (χ1) is 42.0. The maximum Gasteiger partial charge on any atom is 0.162 e. The minimum absolute atomic E-state index is 0.452. The summed E-state index contributed by atoms with van der Waals surface area (Å²) in [6.07, 6.45) is 1.02. The molecule has 0 amide bonds. The average molecular weight is 1110 g/mol. The Labute approximate surface area is 493 Å². The highest BCUT2D eigenvalue weighted by atomic mass is 35.5. The maximum absolute atomic E-state index is 6.25. The van der Waals surface area contributed by atoms with Gasteiger partial charge < -0.3 is 8.83 Å². The Balaban J connectivity index is 0.000000115. The van der Waals surface area contributed by atoms with Crippen molar-refractivity contribution >= 4 is 98.8 Å². The third-order valence-electron chi connectivity index (χ3n) is 16.3. The second-order valence-corrected chi connectivity index (χ2v) is 21.8. The molecule has 0 spiro atoms. The van der Waals surface area contributed by atoms with Gasteiger partial charge in [0.2, 0.25) is 0 Å². The lowest BCUT2D eigenvalue weighted by molar-refractivity contribution is 0.669. The molecule has 0 bridgehead atoms. The van der Waals surface area contributed by atoms with Crippen molar-refractivity contribution in [3.05, 3.63) is 295 Å². The minimum Gasteiger partial charge on any atom is -0.456 e. The fraction of sp³-hybridized carbons (Fsp3) is 0.0130. The summed E-state index contributed by atoms with van der Waals surface area (Å²) in [5.74, 6) is 2.17. The molecule has 5 heterocycles. The molecular formula is C77H48ClN5O2. The number of benzene rings is 12. The van der Waals surface area contributed by atoms with Crippen molar-refractivity contribution in [3.8, 4) is 62.2 Å². The van der Waals surface area contributed by atoms with Crippen LogP contribution in [0.3, 0.4) is 0 Å². The Morgan fingerprint density at radius 1 is 0.318 bits per heavy atom. The number of hydrogen-bond acceptors (Lipinski definition) is 6. The van der Waals surface area contributed by atoms with Crippen LogP contribution in [0, 0.1) is 0 Å². The number of aromatic nitrogens is 5. The summed E-state index contributed by atoms with van der Waals surface area (Å²) >= 11 is 6.10. The SMILES string of the molecule is Clc1cc(-c2ccccc2)nc(-c2ccccc2)n1.c1ccc(-c2cc(-n3c4ccccc4c4cc5ccc6oc7ccccc7c6c5cc43)nc(-c3ccccc3)n2)cc1.c1ccc2c(c1)Cc1cc3c(ccc4oc5ccccc5c43)cc1-2. The number of furan rings is 2. The third-order valence-corrected chi connectivity index (χ3v) is 16.5. The molecule has 0 radical (unpaired) electrons. The molecule has 1 aliphatic carbocycles. The van der Waals surface area contributed by atoms with Crippen LogP contribution >= 0.6 is 11.6 Å². The molecule has 0 N–H and O–H groups in total. The van der Waals surface area contributed by atoms with E-state index < -0.39 is 0 Å². The molecule has 7 nitrogen and oxygen atoms in total. The summed E-state index contributed by atoms with van der Waals surface area (Å²) in [7, 11) is 0. The van der Waals surface area contributed by atoms with E-state index in [0.717, 1.165) is 95.4 Å². The number of nitrogens with zero attached hydrogens (tertiary/aromatic N) is 5. The molecule has 0 atom stereocenters. The van der Waals surface area contributed by atoms with Gasteiger partial charge in [-0.3, -0.25) is 4.57 Å². The molecule has 85 heavy (non-hydrogen) atoms. The van der Waals surface area contributed by atoms with Crippen molar-refractivity contribution < 1.29 is 8.83 Å². The second kappa shape index (κ2) is 20.8. The van der Waals surface area contributed by atoms with E-state index >= 15 is 0 Å². The molecule has 1 aliphatic rings. The molecule has 400 valence electrons. The lowest BCUT2D eigenvalue weighted by Crippen LogP contribution is -2.02. The normalized spacial score (nSPS) is 11.8. The molecule has 17 aromatic rings. The highest BCUT2D eigenvalue weighted by molar-refractivity contribution is 6.29. The van der Waals surface area contributed by atoms with Gasteiger partial charge in [0.15, 0.2) is 11.6 Å². The zero-order valence-electron chi connectivity index (χ0n) is 45.7. The highest BCUT2D eigenvalue weighted by Gasteiger charge is 2.22. The molecular weight excluding hydrogens is 1060 g/mol. The Morgan fingerprint density at radius 2 is 0.812 bits per heavy atom. The standard InChI is InChI=1S/C38H23N3O.C23H14O.C16H11ClN2/c1-3-11-24(12-4-1)31-23-36(40-38(39-31)25-13-5-2-6-14-25)41-32-17-9-7-15-27(32)30-21-26-19-20-35-37(29(26)22-33(30)41)28-16-8-10-18-34(28)42-35;1-2-6-17-14(5-1)11-16-13-20-15(12-19(16)17)9-10-22-23(20)18-7-3-4-8-21(18)24-22;17-15-11-14(12-7-3-1-4-8-12)18-16(19-15)13-9-5-2-6-10-13/h1-23H;1-10,12-13H,11H2;1-11H. The smallest absolute Gasteiger partial charge is 0.162 e. The van der Waals surface area contributed by atoms with Crippen LogP contribution in [0.5, 0.6) is 0 Å². The first-order valence-corrected chi connectivity index (χ1v) is 28.8. The van der Waals surface area contributed by atoms with Crippen LogP contribution in [-0.2, 0) is 6.42 Å². The Kier molecular flexibility index (Phi) is 12.2. The van der Waals surface area contributed by atoms with E-state index in [4.69, 9.17) is 30.4 Å². The summed E-state index contributed by atoms with van der Waals surface area (Å²) in [5.41, 5.74) is 17.3. The van der Waals surface area contributed by atoms with Gasteiger partial charge in [-0.15, -0.1) is 0 Å². The van der Waals surface area contributed by atoms with E-state index in [0.29, 0.717) is 16.8 Å². The number of para-hydroxylation sites is 3. The molecule has 8 heteroatoms. The van der Waals surface area contributed by atoms with Gasteiger partial charge in [-0.2, -0.15) is 0 Å². The molecule has 0 aliphatic heterocycles. The Bertz CT molecular complexity index is 5290. The summed E-state index contributed by atoms with van der Waals surface area (Å²) in [4.78, 5) is 19.1. The van der Waals surface area contributed by atoms with Crippen LogP contribution < -0.4 is 0 Å². The van der Waals surface area contributed by atoms with E-state index in [9.17, 15) is 0 Å². The minimum atomic E-state index is 0.452. The molecule has 18 rings (SSSR count). The highest BCUT2D eigenvalue weighted by Crippen LogP contribution is 2.44. The van der Waals surface area contributed by atoms with Gasteiger partial charge in [-0.05, 0) is 105 Å². The topological polar surface area (TPSA) is 82.8 Å². The second-order valence-electron chi connectivity index (χ2n) is 21.4. The van der Waals surface area contributed by atoms with E-state index in [2.05, 4.69) is 166 Å². The van der Waals surface area contributed by atoms with Crippen molar-refractivity contribution in [1.29, 1.82) is 0 Å². The van der Waals surface area contributed by atoms with Gasteiger partial charge in [0.05, 0.1) is 22.4 Å². The molecule has 12 aromatic carbocycles. The summed E-state index contributed by atoms with van der Waals surface area (Å²) in [5, 5.41) is 12.5. The third kappa shape index (κ3) is 8.93. The van der Waals surface area contributed by atoms with Crippen LogP contribution in [0.1, 0.15) is 11.1 Å². The van der Waals surface area contributed by atoms with Gasteiger partial charge in [0.25, 0.3) is 0 Å². The number of halogens is 1. The van der Waals surface area contributed by atoms with E-state index in [1.807, 2.05) is 121 Å². The van der Waals surface area contributed by atoms with Crippen molar-refractivity contribution in [2.75, 3.05) is 0 Å². The van der Waals surface area contributed by atoms with Crippen molar-refractivity contribution in [1.82, 2.24) is 24.5 Å². The zero-order chi connectivity index (χ0) is 56.4. The average Bonchev–Trinajstić information content (AvgIpc) is 3.15. The van der Waals surface area contributed by atoms with Crippen LogP contribution in [0.4, 0.5) is 0 Å². The van der Waals surface area contributed by atoms with E-state index in [1.165, 1.54) is 60.0 Å². The quantitative estimate of drug-likeness (QED) is 0.160. The molecule has 0 saturated heterocycles. The predicted octanol–water partition coefficient (Wildman–Crippen LogP) is 20.7. The predicted molar refractivity (Wildman–Crippen MR) is 349 cm³/mol. The molecule has 0 fully saturated rings. The van der Waals surface area contributed by atoms with Crippen molar-refractivity contribution in [2.45, 2.75) is 6.42 Å². The molecule has 0 unspecified atom stereocenters. The van der Waals surface area contributed by atoms with Gasteiger partial charge >= 0.3 is 0 Å². The largest absolute Gasteiger partial charge is 0.456 e. The van der Waals surface area contributed by atoms with Gasteiger partial charge in [-0.1, -0.05) is 224 Å². The number of hydrogen-bond donors (Lipinski definition) is 0. The van der Waals surface area contributed by atoms with E-state index in [1.54, 1.807) is 6.07 Å². The fourth-order valence-corrected chi connectivity index (χ4v) is 12.5. The maximum atomic E-state index is 6.25. The first kappa shape index (κ1) is 49.8. The van der Waals surface area contributed by atoms with E-state index in [-0.39, 0.29) is 0 Å². The lowest BCUT2D eigenvalue weighted by atomic mass is 9.97. The van der Waals surface area contributed by atoms with Crippen molar-refractivity contribution in [3.63, 3.8) is 0 Å². The van der Waals surface area contributed by atoms with Crippen molar-refractivity contribution in [2.24, 2.45) is 0 Å². The summed E-state index contributed by atoms with van der Waals surface area (Å²) in [6.45, 7) is 0. The van der Waals surface area contributed by atoms with Gasteiger partial charge in [0.1, 0.15) is 33.3 Å². The Hall–Kier alpha value is -11.0. The van der Waals surface area contributed by atoms with Crippen LogP contribution in [-0.4, -0.2) is 24.5 Å². The molecule has 5 aromatic heterocycles. The van der Waals surface area contributed by atoms with Gasteiger partial charge in [0, 0.05) is 66.7 Å². The van der Waals surface area contributed by atoms with Crippen LogP contribution in [0.15, 0.2) is 288 Å². The Morgan fingerprint density at radius 3 is 1.44 bits per heavy atom. The van der Waals surface area contributed by atoms with Gasteiger partial charge in [-0.25, -0.2) is 19.9 Å². The zero-order valence-corrected chi connectivity index (χ0v) is 46.5. The first-order valence-electron chi connectivity index (χ1n) is 28.4. The van der Waals surface area contributed by atoms with Crippen LogP contribution in [0.2, 0.25) is 5.15 Å². The molecule has 0 saturated carbocycles. The monoisotopic (exact) mass is 1110 g/mol. The number of rotatable bonds is 5. The summed E-state index contributed by atoms with van der Waals surface area (Å²) in [6, 6.07) is 95.9. The summed E-state index contributed by atoms with van der Waals surface area (Å²) < 4.78 is 14.6. The number of fused-ring (bicyclic) bond motifs is 16. The fourth-order valence-electron chi connectivity index (χ4n) is 12.4. The lowest BCUT2D eigenvalue weighted by Gasteiger charge is -2.12.